The van der Waals surface area contributed by atoms with Gasteiger partial charge < -0.3 is 9.47 Å². The molecule has 0 bridgehead atoms. The number of fused-ring (bicyclic) bond motifs is 1. The third-order valence-corrected chi connectivity index (χ3v) is 5.35. The average Bonchev–Trinajstić information content (AvgIpc) is 3.11. The summed E-state index contributed by atoms with van der Waals surface area (Å²) < 4.78 is 39.1. The van der Waals surface area contributed by atoms with Crippen molar-refractivity contribution in [3.05, 3.63) is 75.9 Å². The van der Waals surface area contributed by atoms with Gasteiger partial charge in [0.1, 0.15) is 23.1 Å². The summed E-state index contributed by atoms with van der Waals surface area (Å²) in [5.41, 5.74) is 2.64. The molecule has 2 aromatic carbocycles. The lowest BCUT2D eigenvalue weighted by molar-refractivity contribution is 0.268. The second-order valence-corrected chi connectivity index (χ2v) is 7.24. The molecule has 1 aromatic heterocycles. The van der Waals surface area contributed by atoms with Gasteiger partial charge in [-0.2, -0.15) is 0 Å². The van der Waals surface area contributed by atoms with E-state index >= 15 is 0 Å². The fourth-order valence-electron chi connectivity index (χ4n) is 3.58. The summed E-state index contributed by atoms with van der Waals surface area (Å²) >= 11 is 6.44. The van der Waals surface area contributed by atoms with Gasteiger partial charge in [0.2, 0.25) is 0 Å². The van der Waals surface area contributed by atoms with Crippen molar-refractivity contribution < 1.29 is 18.3 Å². The molecule has 4 nitrogen and oxygen atoms in total. The van der Waals surface area contributed by atoms with Crippen LogP contribution in [0.1, 0.15) is 16.8 Å². The summed E-state index contributed by atoms with van der Waals surface area (Å²) in [5, 5.41) is 0.455. The first-order chi connectivity index (χ1) is 14.0. The van der Waals surface area contributed by atoms with Gasteiger partial charge in [-0.3, -0.25) is 9.88 Å². The first kappa shape index (κ1) is 19.6. The number of pyridine rings is 1. The summed E-state index contributed by atoms with van der Waals surface area (Å²) in [6.45, 7) is 1.73. The molecule has 0 amide bonds. The van der Waals surface area contributed by atoms with Crippen LogP contribution in [0.3, 0.4) is 0 Å². The third kappa shape index (κ3) is 3.78. The molecule has 0 saturated heterocycles. The van der Waals surface area contributed by atoms with Crippen LogP contribution < -0.4 is 9.47 Å². The summed E-state index contributed by atoms with van der Waals surface area (Å²) in [5.74, 6) is 0.128. The summed E-state index contributed by atoms with van der Waals surface area (Å²) in [6.07, 6.45) is 0. The van der Waals surface area contributed by atoms with E-state index in [1.165, 1.54) is 24.3 Å². The molecular formula is C22H19ClF2N2O2. The van der Waals surface area contributed by atoms with Gasteiger partial charge in [-0.15, -0.1) is 0 Å². The molecule has 150 valence electrons. The van der Waals surface area contributed by atoms with Gasteiger partial charge in [-0.1, -0.05) is 23.7 Å². The van der Waals surface area contributed by atoms with Crippen molar-refractivity contribution in [2.24, 2.45) is 0 Å². The van der Waals surface area contributed by atoms with E-state index in [1.54, 1.807) is 14.2 Å². The quantitative estimate of drug-likeness (QED) is 0.571. The SMILES string of the molecule is COc1ccc(CN2Cc3nc(-c4c(F)cccc4F)cc(Cl)c3C2)c(OC)c1. The Morgan fingerprint density at radius 3 is 2.48 bits per heavy atom. The molecule has 1 aliphatic heterocycles. The highest BCUT2D eigenvalue weighted by molar-refractivity contribution is 6.31. The van der Waals surface area contributed by atoms with E-state index in [4.69, 9.17) is 21.1 Å². The van der Waals surface area contributed by atoms with E-state index in [1.807, 2.05) is 18.2 Å². The molecule has 0 aliphatic carbocycles. The zero-order valence-electron chi connectivity index (χ0n) is 16.0. The molecule has 0 N–H and O–H groups in total. The van der Waals surface area contributed by atoms with Gasteiger partial charge >= 0.3 is 0 Å². The molecule has 0 unspecified atom stereocenters. The predicted octanol–water partition coefficient (Wildman–Crippen LogP) is 5.21. The molecule has 4 rings (SSSR count). The predicted molar refractivity (Wildman–Crippen MR) is 107 cm³/mol. The topological polar surface area (TPSA) is 34.6 Å². The van der Waals surface area contributed by atoms with Crippen LogP contribution >= 0.6 is 11.6 Å². The van der Waals surface area contributed by atoms with E-state index in [-0.39, 0.29) is 11.3 Å². The van der Waals surface area contributed by atoms with Crippen molar-refractivity contribution >= 4 is 11.6 Å². The number of rotatable bonds is 5. The molecule has 1 aliphatic rings. The molecule has 0 fully saturated rings. The highest BCUT2D eigenvalue weighted by atomic mass is 35.5. The Morgan fingerprint density at radius 2 is 1.79 bits per heavy atom. The fraction of sp³-hybridized carbons (Fsp3) is 0.227. The van der Waals surface area contributed by atoms with Gasteiger partial charge in [0.05, 0.1) is 31.2 Å². The monoisotopic (exact) mass is 416 g/mol. The third-order valence-electron chi connectivity index (χ3n) is 5.02. The molecule has 29 heavy (non-hydrogen) atoms. The second-order valence-electron chi connectivity index (χ2n) is 6.83. The maximum absolute atomic E-state index is 14.2. The first-order valence-corrected chi connectivity index (χ1v) is 9.44. The Hall–Kier alpha value is -2.70. The summed E-state index contributed by atoms with van der Waals surface area (Å²) in [4.78, 5) is 6.66. The van der Waals surface area contributed by atoms with E-state index in [0.717, 1.165) is 28.3 Å². The van der Waals surface area contributed by atoms with Crippen LogP contribution in [-0.2, 0) is 19.6 Å². The number of halogens is 3. The minimum absolute atomic E-state index is 0.160. The van der Waals surface area contributed by atoms with Crippen molar-refractivity contribution in [2.75, 3.05) is 14.2 Å². The van der Waals surface area contributed by atoms with Gasteiger partial charge in [-0.25, -0.2) is 8.78 Å². The Kier molecular flexibility index (Phi) is 5.39. The van der Waals surface area contributed by atoms with Crippen molar-refractivity contribution in [1.82, 2.24) is 9.88 Å². The van der Waals surface area contributed by atoms with Crippen molar-refractivity contribution in [1.29, 1.82) is 0 Å². The Balaban J connectivity index is 1.61. The maximum Gasteiger partial charge on any atom is 0.135 e. The Bertz CT molecular complexity index is 1050. The zero-order chi connectivity index (χ0) is 20.5. The highest BCUT2D eigenvalue weighted by Crippen LogP contribution is 2.35. The number of hydrogen-bond donors (Lipinski definition) is 0. The number of ether oxygens (including phenoxy) is 2. The smallest absolute Gasteiger partial charge is 0.135 e. The Morgan fingerprint density at radius 1 is 1.03 bits per heavy atom. The normalized spacial score (nSPS) is 13.4. The molecule has 0 spiro atoms. The molecule has 0 radical (unpaired) electrons. The molecule has 0 saturated carbocycles. The number of methoxy groups -OCH3 is 2. The van der Waals surface area contributed by atoms with E-state index in [0.29, 0.717) is 24.7 Å². The first-order valence-electron chi connectivity index (χ1n) is 9.06. The number of aromatic nitrogens is 1. The van der Waals surface area contributed by atoms with Crippen LogP contribution in [0.4, 0.5) is 8.78 Å². The minimum Gasteiger partial charge on any atom is -0.497 e. The highest BCUT2D eigenvalue weighted by Gasteiger charge is 2.26. The standard InChI is InChI=1S/C22H19ClF2N2O2/c1-28-14-7-6-13(21(8-14)29-2)10-27-11-15-16(23)9-19(26-20(15)12-27)22-17(24)4-3-5-18(22)25/h3-9H,10-12H2,1-2H3. The molecule has 2 heterocycles. The molecule has 7 heteroatoms. The summed E-state index contributed by atoms with van der Waals surface area (Å²) in [7, 11) is 3.22. The van der Waals surface area contributed by atoms with Crippen LogP contribution in [0.25, 0.3) is 11.3 Å². The van der Waals surface area contributed by atoms with Crippen molar-refractivity contribution in [2.45, 2.75) is 19.6 Å². The molecule has 0 atom stereocenters. The zero-order valence-corrected chi connectivity index (χ0v) is 16.8. The Labute approximate surface area is 172 Å². The maximum atomic E-state index is 14.2. The lowest BCUT2D eigenvalue weighted by atomic mass is 10.1. The second kappa shape index (κ2) is 7.97. The molecule has 3 aromatic rings. The van der Waals surface area contributed by atoms with Crippen LogP contribution in [0.15, 0.2) is 42.5 Å². The van der Waals surface area contributed by atoms with Crippen molar-refractivity contribution in [3.8, 4) is 22.8 Å². The van der Waals surface area contributed by atoms with Crippen LogP contribution in [0.2, 0.25) is 5.02 Å². The van der Waals surface area contributed by atoms with E-state index in [2.05, 4.69) is 9.88 Å². The van der Waals surface area contributed by atoms with Crippen LogP contribution in [0, 0.1) is 11.6 Å². The van der Waals surface area contributed by atoms with Gasteiger partial charge in [0.15, 0.2) is 0 Å². The largest absolute Gasteiger partial charge is 0.497 e. The van der Waals surface area contributed by atoms with E-state index < -0.39 is 11.6 Å². The van der Waals surface area contributed by atoms with Gasteiger partial charge in [0, 0.05) is 41.9 Å². The lowest BCUT2D eigenvalue weighted by Crippen LogP contribution is -2.16. The number of hydrogen-bond acceptors (Lipinski definition) is 4. The van der Waals surface area contributed by atoms with Crippen LogP contribution in [0.5, 0.6) is 11.5 Å². The average molecular weight is 417 g/mol. The van der Waals surface area contributed by atoms with Crippen molar-refractivity contribution in [3.63, 3.8) is 0 Å². The van der Waals surface area contributed by atoms with Gasteiger partial charge in [0.25, 0.3) is 0 Å². The minimum atomic E-state index is -0.661. The molecular weight excluding hydrogens is 398 g/mol. The van der Waals surface area contributed by atoms with E-state index in [9.17, 15) is 8.78 Å². The fourth-order valence-corrected chi connectivity index (χ4v) is 3.86. The number of benzene rings is 2. The lowest BCUT2D eigenvalue weighted by Gasteiger charge is -2.17. The summed E-state index contributed by atoms with van der Waals surface area (Å²) in [6, 6.07) is 10.9. The van der Waals surface area contributed by atoms with Gasteiger partial charge in [-0.05, 0) is 24.3 Å². The van der Waals surface area contributed by atoms with Crippen LogP contribution in [-0.4, -0.2) is 24.1 Å². The number of nitrogens with zero attached hydrogens (tertiary/aromatic N) is 2.